The van der Waals surface area contributed by atoms with Gasteiger partial charge in [-0.25, -0.2) is 4.98 Å². The minimum atomic E-state index is -0.0732. The molecule has 25 heavy (non-hydrogen) atoms. The quantitative estimate of drug-likeness (QED) is 0.717. The Morgan fingerprint density at radius 1 is 1.12 bits per heavy atom. The summed E-state index contributed by atoms with van der Waals surface area (Å²) in [4.78, 5) is 20.1. The number of thioether (sulfide) groups is 2. The summed E-state index contributed by atoms with van der Waals surface area (Å²) in [7, 11) is 0. The SMILES string of the molecule is O=C(NCc1nc2ccccc2[nH]1)c1ccc(C2SCCCS2)cc1. The van der Waals surface area contributed by atoms with Gasteiger partial charge >= 0.3 is 0 Å². The molecule has 2 heterocycles. The van der Waals surface area contributed by atoms with Crippen molar-refractivity contribution in [3.63, 3.8) is 0 Å². The summed E-state index contributed by atoms with van der Waals surface area (Å²) in [5, 5.41) is 2.93. The third-order valence-corrected chi connectivity index (χ3v) is 7.14. The van der Waals surface area contributed by atoms with Gasteiger partial charge in [0, 0.05) is 5.56 Å². The van der Waals surface area contributed by atoms with Gasteiger partial charge in [0.25, 0.3) is 5.91 Å². The van der Waals surface area contributed by atoms with Gasteiger partial charge in [0.1, 0.15) is 5.82 Å². The number of benzene rings is 2. The molecule has 1 saturated heterocycles. The molecule has 0 atom stereocenters. The van der Waals surface area contributed by atoms with Crippen LogP contribution in [0.25, 0.3) is 11.0 Å². The van der Waals surface area contributed by atoms with Crippen LogP contribution in [0.15, 0.2) is 48.5 Å². The molecule has 1 aliphatic heterocycles. The number of aromatic nitrogens is 2. The number of nitrogens with zero attached hydrogens (tertiary/aromatic N) is 1. The molecule has 1 fully saturated rings. The van der Waals surface area contributed by atoms with Gasteiger partial charge in [-0.05, 0) is 47.8 Å². The highest BCUT2D eigenvalue weighted by atomic mass is 32.2. The maximum absolute atomic E-state index is 12.4. The number of carbonyl (C=O) groups excluding carboxylic acids is 1. The minimum Gasteiger partial charge on any atom is -0.345 e. The summed E-state index contributed by atoms with van der Waals surface area (Å²) in [6.45, 7) is 0.392. The Labute approximate surface area is 155 Å². The predicted octanol–water partition coefficient (Wildman–Crippen LogP) is 4.36. The van der Waals surface area contributed by atoms with E-state index in [1.54, 1.807) is 0 Å². The summed E-state index contributed by atoms with van der Waals surface area (Å²) in [5.41, 5.74) is 3.88. The number of nitrogens with one attached hydrogen (secondary N) is 2. The van der Waals surface area contributed by atoms with E-state index in [-0.39, 0.29) is 5.91 Å². The number of aromatic amines is 1. The first-order chi connectivity index (χ1) is 12.3. The zero-order valence-corrected chi connectivity index (χ0v) is 15.3. The van der Waals surface area contributed by atoms with E-state index in [2.05, 4.69) is 27.4 Å². The van der Waals surface area contributed by atoms with Crippen LogP contribution in [-0.2, 0) is 6.54 Å². The second-order valence-corrected chi connectivity index (χ2v) is 8.66. The normalized spacial score (nSPS) is 15.4. The van der Waals surface area contributed by atoms with Crippen LogP contribution in [-0.4, -0.2) is 27.4 Å². The third kappa shape index (κ3) is 3.85. The Balaban J connectivity index is 1.38. The molecule has 128 valence electrons. The van der Waals surface area contributed by atoms with Crippen LogP contribution < -0.4 is 5.32 Å². The molecule has 0 aliphatic carbocycles. The molecule has 0 saturated carbocycles. The molecule has 1 aromatic heterocycles. The highest BCUT2D eigenvalue weighted by Gasteiger charge is 2.17. The van der Waals surface area contributed by atoms with Crippen LogP contribution in [0.1, 0.15) is 32.7 Å². The Hall–Kier alpha value is -1.92. The Kier molecular flexibility index (Phi) is 4.99. The van der Waals surface area contributed by atoms with Gasteiger partial charge in [-0.3, -0.25) is 4.79 Å². The number of para-hydroxylation sites is 2. The number of H-pyrrole nitrogens is 1. The summed E-state index contributed by atoms with van der Waals surface area (Å²) in [6.07, 6.45) is 1.29. The number of fused-ring (bicyclic) bond motifs is 1. The number of hydrogen-bond acceptors (Lipinski definition) is 4. The smallest absolute Gasteiger partial charge is 0.251 e. The highest BCUT2D eigenvalue weighted by molar-refractivity contribution is 8.16. The maximum Gasteiger partial charge on any atom is 0.251 e. The third-order valence-electron chi connectivity index (χ3n) is 4.13. The minimum absolute atomic E-state index is 0.0732. The van der Waals surface area contributed by atoms with Crippen molar-refractivity contribution in [3.8, 4) is 0 Å². The molecule has 4 nitrogen and oxygen atoms in total. The molecule has 0 radical (unpaired) electrons. The van der Waals surface area contributed by atoms with Crippen LogP contribution in [0.5, 0.6) is 0 Å². The average Bonchev–Trinajstić information content (AvgIpc) is 3.10. The molecule has 0 spiro atoms. The first-order valence-electron chi connectivity index (χ1n) is 8.34. The molecule has 2 aromatic carbocycles. The Morgan fingerprint density at radius 2 is 1.88 bits per heavy atom. The van der Waals surface area contributed by atoms with Crippen LogP contribution in [0.4, 0.5) is 0 Å². The highest BCUT2D eigenvalue weighted by Crippen LogP contribution is 2.43. The molecule has 6 heteroatoms. The molecule has 1 aliphatic rings. The van der Waals surface area contributed by atoms with E-state index >= 15 is 0 Å². The Morgan fingerprint density at radius 3 is 2.64 bits per heavy atom. The number of amides is 1. The van der Waals surface area contributed by atoms with Gasteiger partial charge in [-0.1, -0.05) is 24.3 Å². The number of rotatable bonds is 4. The van der Waals surface area contributed by atoms with Crippen molar-refractivity contribution in [1.29, 1.82) is 0 Å². The van der Waals surface area contributed by atoms with E-state index < -0.39 is 0 Å². The van der Waals surface area contributed by atoms with E-state index in [0.717, 1.165) is 16.9 Å². The number of imidazole rings is 1. The summed E-state index contributed by atoms with van der Waals surface area (Å²) < 4.78 is 0.501. The predicted molar refractivity (Wildman–Crippen MR) is 106 cm³/mol. The molecular formula is C19H19N3OS2. The lowest BCUT2D eigenvalue weighted by Gasteiger charge is -2.21. The standard InChI is InChI=1S/C19H19N3OS2/c23-18(20-12-17-21-15-4-1-2-5-16(15)22-17)13-6-8-14(9-7-13)19-24-10-3-11-25-19/h1-2,4-9,19H,3,10-12H2,(H,20,23)(H,21,22). The van der Waals surface area contributed by atoms with Crippen molar-refractivity contribution in [2.45, 2.75) is 17.5 Å². The molecule has 3 aromatic rings. The fourth-order valence-corrected chi connectivity index (χ4v) is 5.72. The summed E-state index contributed by atoms with van der Waals surface area (Å²) >= 11 is 3.98. The van der Waals surface area contributed by atoms with E-state index in [1.807, 2.05) is 59.9 Å². The first-order valence-corrected chi connectivity index (χ1v) is 10.4. The fraction of sp³-hybridized carbons (Fsp3) is 0.263. The molecule has 0 unspecified atom stereocenters. The van der Waals surface area contributed by atoms with Gasteiger partial charge in [0.15, 0.2) is 0 Å². The monoisotopic (exact) mass is 369 g/mol. The van der Waals surface area contributed by atoms with Crippen molar-refractivity contribution < 1.29 is 4.79 Å². The van der Waals surface area contributed by atoms with E-state index in [9.17, 15) is 4.79 Å². The van der Waals surface area contributed by atoms with E-state index in [1.165, 1.54) is 23.5 Å². The van der Waals surface area contributed by atoms with Crippen molar-refractivity contribution >= 4 is 40.5 Å². The van der Waals surface area contributed by atoms with Gasteiger partial charge in [0.2, 0.25) is 0 Å². The molecule has 0 bridgehead atoms. The van der Waals surface area contributed by atoms with Crippen LogP contribution in [0, 0.1) is 0 Å². The lowest BCUT2D eigenvalue weighted by Crippen LogP contribution is -2.23. The molecule has 1 amide bonds. The van der Waals surface area contributed by atoms with Gasteiger partial charge in [-0.15, -0.1) is 23.5 Å². The number of hydrogen-bond donors (Lipinski definition) is 2. The number of carbonyl (C=O) groups is 1. The Bertz CT molecular complexity index is 837. The largest absolute Gasteiger partial charge is 0.345 e. The second kappa shape index (κ2) is 7.54. The summed E-state index contributed by atoms with van der Waals surface area (Å²) in [6, 6.07) is 15.8. The van der Waals surface area contributed by atoms with Crippen molar-refractivity contribution in [3.05, 3.63) is 65.5 Å². The van der Waals surface area contributed by atoms with Crippen molar-refractivity contribution in [1.82, 2.24) is 15.3 Å². The van der Waals surface area contributed by atoms with Crippen LogP contribution in [0.2, 0.25) is 0 Å². The van der Waals surface area contributed by atoms with E-state index in [4.69, 9.17) is 0 Å². The molecule has 4 rings (SSSR count). The zero-order valence-electron chi connectivity index (χ0n) is 13.7. The molecule has 2 N–H and O–H groups in total. The summed E-state index contributed by atoms with van der Waals surface area (Å²) in [5.74, 6) is 3.13. The van der Waals surface area contributed by atoms with Crippen molar-refractivity contribution in [2.24, 2.45) is 0 Å². The lowest BCUT2D eigenvalue weighted by atomic mass is 10.1. The lowest BCUT2D eigenvalue weighted by molar-refractivity contribution is 0.0950. The molecular weight excluding hydrogens is 350 g/mol. The van der Waals surface area contributed by atoms with Crippen LogP contribution >= 0.6 is 23.5 Å². The fourth-order valence-electron chi connectivity index (χ4n) is 2.83. The average molecular weight is 370 g/mol. The first kappa shape index (κ1) is 16.5. The van der Waals surface area contributed by atoms with E-state index in [0.29, 0.717) is 16.7 Å². The van der Waals surface area contributed by atoms with Gasteiger partial charge in [-0.2, -0.15) is 0 Å². The van der Waals surface area contributed by atoms with Crippen molar-refractivity contribution in [2.75, 3.05) is 11.5 Å². The van der Waals surface area contributed by atoms with Gasteiger partial charge < -0.3 is 10.3 Å². The van der Waals surface area contributed by atoms with Gasteiger partial charge in [0.05, 0.1) is 22.2 Å². The maximum atomic E-state index is 12.4. The zero-order chi connectivity index (χ0) is 17.1. The second-order valence-electron chi connectivity index (χ2n) is 5.93. The van der Waals surface area contributed by atoms with Crippen LogP contribution in [0.3, 0.4) is 0 Å². The topological polar surface area (TPSA) is 57.8 Å².